The second-order valence-electron chi connectivity index (χ2n) is 23.9. The lowest BCUT2D eigenvalue weighted by atomic mass is 10.0. The molecule has 0 aromatic rings. The number of carbonyl (C=O) groups is 1. The molecule has 1 amide bonds. The molecule has 4 heteroatoms. The number of aliphatic hydroxyl groups is 2. The molecule has 2 unspecified atom stereocenters. The number of unbranched alkanes of at least 4 members (excludes halogenated alkanes) is 48. The highest BCUT2D eigenvalue weighted by molar-refractivity contribution is 5.76. The van der Waals surface area contributed by atoms with Crippen molar-refractivity contribution in [3.05, 3.63) is 72.9 Å². The van der Waals surface area contributed by atoms with Crippen molar-refractivity contribution in [1.29, 1.82) is 0 Å². The van der Waals surface area contributed by atoms with Crippen LogP contribution in [0.1, 0.15) is 373 Å². The van der Waals surface area contributed by atoms with Crippen molar-refractivity contribution in [2.45, 2.75) is 386 Å². The van der Waals surface area contributed by atoms with Gasteiger partial charge in [0, 0.05) is 6.42 Å². The van der Waals surface area contributed by atoms with Gasteiger partial charge < -0.3 is 15.5 Å². The Morgan fingerprint density at radius 1 is 0.321 bits per heavy atom. The first-order chi connectivity index (χ1) is 38.7. The fourth-order valence-electron chi connectivity index (χ4n) is 10.9. The minimum Gasteiger partial charge on any atom is -0.394 e. The van der Waals surface area contributed by atoms with Crippen molar-refractivity contribution in [2.24, 2.45) is 0 Å². The maximum Gasteiger partial charge on any atom is 0.220 e. The van der Waals surface area contributed by atoms with Crippen LogP contribution >= 0.6 is 0 Å². The molecule has 4 nitrogen and oxygen atoms in total. The third kappa shape index (κ3) is 64.6. The first kappa shape index (κ1) is 75.8. The summed E-state index contributed by atoms with van der Waals surface area (Å²) >= 11 is 0. The largest absolute Gasteiger partial charge is 0.394 e. The van der Waals surface area contributed by atoms with Crippen LogP contribution in [0, 0.1) is 0 Å². The Kier molecular flexibility index (Phi) is 67.2. The Hall–Kier alpha value is -2.17. The number of hydrogen-bond donors (Lipinski definition) is 3. The zero-order chi connectivity index (χ0) is 56.2. The molecule has 0 aromatic carbocycles. The average molecular weight is 1090 g/mol. The van der Waals surface area contributed by atoms with Crippen molar-refractivity contribution in [3.63, 3.8) is 0 Å². The van der Waals surface area contributed by atoms with Crippen LogP contribution in [0.15, 0.2) is 72.9 Å². The van der Waals surface area contributed by atoms with Crippen molar-refractivity contribution >= 4 is 5.91 Å². The summed E-state index contributed by atoms with van der Waals surface area (Å²) in [4.78, 5) is 12.5. The van der Waals surface area contributed by atoms with E-state index in [0.717, 1.165) is 57.8 Å². The lowest BCUT2D eigenvalue weighted by Crippen LogP contribution is -2.45. The number of allylic oxidation sites excluding steroid dienone is 11. The van der Waals surface area contributed by atoms with E-state index >= 15 is 0 Å². The zero-order valence-corrected chi connectivity index (χ0v) is 52.7. The average Bonchev–Trinajstić information content (AvgIpc) is 3.44. The number of nitrogens with one attached hydrogen (secondary N) is 1. The SMILES string of the molecule is CC/C=C\C/C=C\C/C=C\C/C=C\CCCCCCCCCCCCCCCCCCCCCCCCCCCCCCC(=O)NC(CO)C(O)/C=C/CC/C=C/CCCCCCCCCCCCCCCCCCCCC. The van der Waals surface area contributed by atoms with Gasteiger partial charge in [-0.15, -0.1) is 0 Å². The molecule has 0 heterocycles. The topological polar surface area (TPSA) is 69.6 Å². The molecule has 0 rings (SSSR count). The molecule has 456 valence electrons. The Balaban J connectivity index is 3.42. The van der Waals surface area contributed by atoms with Crippen LogP contribution in [0.4, 0.5) is 0 Å². The number of hydrogen-bond acceptors (Lipinski definition) is 3. The van der Waals surface area contributed by atoms with Crippen LogP contribution in [0.2, 0.25) is 0 Å². The summed E-state index contributed by atoms with van der Waals surface area (Å²) in [5.74, 6) is -0.0669. The van der Waals surface area contributed by atoms with Crippen LogP contribution < -0.4 is 5.32 Å². The van der Waals surface area contributed by atoms with E-state index in [1.807, 2.05) is 6.08 Å². The minimum absolute atomic E-state index is 0.0669. The van der Waals surface area contributed by atoms with Crippen LogP contribution in [0.3, 0.4) is 0 Å². The molecule has 0 aromatic heterocycles. The first-order valence-corrected chi connectivity index (χ1v) is 35.2. The fourth-order valence-corrected chi connectivity index (χ4v) is 10.9. The molecule has 0 saturated heterocycles. The van der Waals surface area contributed by atoms with E-state index in [1.54, 1.807) is 6.08 Å². The highest BCUT2D eigenvalue weighted by atomic mass is 16.3. The molecular formula is C74H137NO3. The summed E-state index contributed by atoms with van der Waals surface area (Å²) in [5.41, 5.74) is 0. The maximum absolute atomic E-state index is 12.5. The normalized spacial score (nSPS) is 13.1. The molecule has 0 saturated carbocycles. The standard InChI is InChI=1S/C74H137NO3/c1-3-5-7-9-11-13-15-17-19-21-23-25-27-29-30-31-32-33-34-35-36-37-38-39-40-41-42-43-44-46-48-50-52-54-56-58-60-62-64-66-68-70-74(78)75-72(71-76)73(77)69-67-65-63-61-59-57-55-53-51-49-47-45-28-26-24-22-20-18-16-14-12-10-8-6-4-2/h5,7,11,13,17,19,23,25,59,61,67,69,72-73,76-77H,3-4,6,8-10,12,14-16,18,20-22,24,26-58,60,62-66,68,70-71H2,1-2H3,(H,75,78)/b7-5-,13-11-,19-17-,25-23-,61-59+,69-67+. The molecule has 0 radical (unpaired) electrons. The predicted molar refractivity (Wildman–Crippen MR) is 350 cm³/mol. The summed E-state index contributed by atoms with van der Waals surface area (Å²) in [5, 5.41) is 23.3. The molecule has 0 spiro atoms. The van der Waals surface area contributed by atoms with Gasteiger partial charge in [0.1, 0.15) is 0 Å². The molecule has 0 fully saturated rings. The number of rotatable bonds is 65. The predicted octanol–water partition coefficient (Wildman–Crippen LogP) is 24.0. The lowest BCUT2D eigenvalue weighted by Gasteiger charge is -2.19. The summed E-state index contributed by atoms with van der Waals surface area (Å²) < 4.78 is 0. The van der Waals surface area contributed by atoms with E-state index in [2.05, 4.69) is 79.9 Å². The molecular weight excluding hydrogens is 951 g/mol. The highest BCUT2D eigenvalue weighted by Gasteiger charge is 2.18. The van der Waals surface area contributed by atoms with Gasteiger partial charge in [0.25, 0.3) is 0 Å². The van der Waals surface area contributed by atoms with E-state index in [4.69, 9.17) is 0 Å². The van der Waals surface area contributed by atoms with Gasteiger partial charge in [0.15, 0.2) is 0 Å². The number of aliphatic hydroxyl groups excluding tert-OH is 2. The van der Waals surface area contributed by atoms with Gasteiger partial charge in [-0.1, -0.05) is 369 Å². The second-order valence-corrected chi connectivity index (χ2v) is 23.9. The Labute approximate surface area is 489 Å². The van der Waals surface area contributed by atoms with Crippen LogP contribution in [-0.4, -0.2) is 34.9 Å². The fraction of sp³-hybridized carbons (Fsp3) is 0.824. The lowest BCUT2D eigenvalue weighted by molar-refractivity contribution is -0.123. The van der Waals surface area contributed by atoms with E-state index in [-0.39, 0.29) is 12.5 Å². The van der Waals surface area contributed by atoms with Gasteiger partial charge in [-0.05, 0) is 70.6 Å². The zero-order valence-electron chi connectivity index (χ0n) is 52.7. The summed E-state index contributed by atoms with van der Waals surface area (Å²) in [6.07, 6.45) is 100. The Bertz CT molecular complexity index is 1330. The third-order valence-corrected chi connectivity index (χ3v) is 16.2. The molecule has 0 aliphatic heterocycles. The van der Waals surface area contributed by atoms with Gasteiger partial charge in [0.2, 0.25) is 5.91 Å². The van der Waals surface area contributed by atoms with E-state index in [0.29, 0.717) is 6.42 Å². The second kappa shape index (κ2) is 69.1. The monoisotopic (exact) mass is 1090 g/mol. The quantitative estimate of drug-likeness (QED) is 0.0420. The number of carbonyl (C=O) groups excluding carboxylic acids is 1. The number of amides is 1. The molecule has 0 bridgehead atoms. The van der Waals surface area contributed by atoms with E-state index in [9.17, 15) is 15.0 Å². The Morgan fingerprint density at radius 3 is 0.897 bits per heavy atom. The maximum atomic E-state index is 12.5. The van der Waals surface area contributed by atoms with E-state index < -0.39 is 12.1 Å². The third-order valence-electron chi connectivity index (χ3n) is 16.2. The van der Waals surface area contributed by atoms with Gasteiger partial charge in [-0.3, -0.25) is 4.79 Å². The summed E-state index contributed by atoms with van der Waals surface area (Å²) in [6.45, 7) is 4.22. The van der Waals surface area contributed by atoms with Gasteiger partial charge in [0.05, 0.1) is 18.8 Å². The molecule has 78 heavy (non-hydrogen) atoms. The minimum atomic E-state index is -0.864. The van der Waals surface area contributed by atoms with Crippen molar-refractivity contribution in [1.82, 2.24) is 5.32 Å². The van der Waals surface area contributed by atoms with Crippen LogP contribution in [-0.2, 0) is 4.79 Å². The highest BCUT2D eigenvalue weighted by Crippen LogP contribution is 2.19. The van der Waals surface area contributed by atoms with Gasteiger partial charge >= 0.3 is 0 Å². The van der Waals surface area contributed by atoms with Crippen LogP contribution in [0.5, 0.6) is 0 Å². The Morgan fingerprint density at radius 2 is 0.577 bits per heavy atom. The smallest absolute Gasteiger partial charge is 0.220 e. The van der Waals surface area contributed by atoms with Crippen molar-refractivity contribution < 1.29 is 15.0 Å². The van der Waals surface area contributed by atoms with Gasteiger partial charge in [-0.2, -0.15) is 0 Å². The van der Waals surface area contributed by atoms with Crippen molar-refractivity contribution in [2.75, 3.05) is 6.61 Å². The van der Waals surface area contributed by atoms with Crippen LogP contribution in [0.25, 0.3) is 0 Å². The first-order valence-electron chi connectivity index (χ1n) is 35.2. The molecule has 3 N–H and O–H groups in total. The van der Waals surface area contributed by atoms with Gasteiger partial charge in [-0.25, -0.2) is 0 Å². The molecule has 0 aliphatic rings. The molecule has 2 atom stereocenters. The molecule has 0 aliphatic carbocycles. The summed E-state index contributed by atoms with van der Waals surface area (Å²) in [7, 11) is 0. The van der Waals surface area contributed by atoms with Crippen molar-refractivity contribution in [3.8, 4) is 0 Å². The summed E-state index contributed by atoms with van der Waals surface area (Å²) in [6, 6.07) is -0.640. The van der Waals surface area contributed by atoms with E-state index in [1.165, 1.54) is 295 Å².